The molecule has 0 bridgehead atoms. The van der Waals surface area contributed by atoms with Crippen LogP contribution in [0.3, 0.4) is 0 Å². The Morgan fingerprint density at radius 3 is 2.50 bits per heavy atom. The van der Waals surface area contributed by atoms with Gasteiger partial charge in [-0.1, -0.05) is 54.9 Å². The minimum absolute atomic E-state index is 0.0220. The summed E-state index contributed by atoms with van der Waals surface area (Å²) >= 11 is 7.48. The number of rotatable bonds is 5. The first kappa shape index (κ1) is 16.9. The molecule has 24 heavy (non-hydrogen) atoms. The van der Waals surface area contributed by atoms with Crippen LogP contribution in [0.15, 0.2) is 71.6 Å². The molecule has 3 aromatic carbocycles. The molecule has 1 amide bonds. The summed E-state index contributed by atoms with van der Waals surface area (Å²) in [5.74, 6) is 0.0220. The smallest absolute Gasteiger partial charge is 0.237 e. The van der Waals surface area contributed by atoms with Crippen molar-refractivity contribution < 1.29 is 4.79 Å². The van der Waals surface area contributed by atoms with E-state index in [2.05, 4.69) is 5.32 Å². The number of hydrogen-bond donors (Lipinski definition) is 1. The third-order valence-electron chi connectivity index (χ3n) is 3.80. The molecule has 0 saturated heterocycles. The number of carbonyl (C=O) groups excluding carboxylic acids is 1. The van der Waals surface area contributed by atoms with E-state index in [1.54, 1.807) is 11.8 Å². The fourth-order valence-electron chi connectivity index (χ4n) is 2.55. The summed E-state index contributed by atoms with van der Waals surface area (Å²) in [6, 6.07) is 21.6. The minimum Gasteiger partial charge on any atom is -0.325 e. The van der Waals surface area contributed by atoms with Crippen LogP contribution in [0.5, 0.6) is 0 Å². The Morgan fingerprint density at radius 2 is 1.75 bits per heavy atom. The number of benzene rings is 3. The Bertz CT molecular complexity index is 842. The number of fused-ring (bicyclic) bond motifs is 1. The van der Waals surface area contributed by atoms with E-state index in [9.17, 15) is 4.79 Å². The Kier molecular flexibility index (Phi) is 5.44. The first-order valence-corrected chi connectivity index (χ1v) is 9.14. The zero-order valence-electron chi connectivity index (χ0n) is 13.3. The first-order chi connectivity index (χ1) is 11.7. The number of hydrogen-bond acceptors (Lipinski definition) is 2. The average Bonchev–Trinajstić information content (AvgIpc) is 2.61. The fourth-order valence-corrected chi connectivity index (χ4v) is 3.63. The standard InChI is InChI=1S/C20H18ClNOS/c1-2-19(24-16-12-10-15(21)11-13-16)20(23)22-18-9-5-7-14-6-3-4-8-17(14)18/h3-13,19H,2H2,1H3,(H,22,23)/t19-/m1/s1. The third kappa shape index (κ3) is 3.92. The van der Waals surface area contributed by atoms with E-state index in [4.69, 9.17) is 11.6 Å². The van der Waals surface area contributed by atoms with Crippen molar-refractivity contribution in [3.63, 3.8) is 0 Å². The van der Waals surface area contributed by atoms with Crippen LogP contribution < -0.4 is 5.32 Å². The summed E-state index contributed by atoms with van der Waals surface area (Å²) in [5, 5.41) is 5.81. The van der Waals surface area contributed by atoms with Gasteiger partial charge in [-0.05, 0) is 42.1 Å². The summed E-state index contributed by atoms with van der Waals surface area (Å²) in [4.78, 5) is 13.7. The van der Waals surface area contributed by atoms with Crippen LogP contribution in [-0.4, -0.2) is 11.2 Å². The van der Waals surface area contributed by atoms with Crippen molar-refractivity contribution in [1.29, 1.82) is 0 Å². The van der Waals surface area contributed by atoms with E-state index in [0.717, 1.165) is 27.8 Å². The number of amides is 1. The Balaban J connectivity index is 1.77. The highest BCUT2D eigenvalue weighted by atomic mass is 35.5. The highest BCUT2D eigenvalue weighted by Crippen LogP contribution is 2.29. The number of nitrogens with one attached hydrogen (secondary N) is 1. The van der Waals surface area contributed by atoms with Gasteiger partial charge >= 0.3 is 0 Å². The molecule has 0 aliphatic heterocycles. The van der Waals surface area contributed by atoms with Crippen LogP contribution in [0.2, 0.25) is 5.02 Å². The van der Waals surface area contributed by atoms with Crippen LogP contribution in [0.25, 0.3) is 10.8 Å². The zero-order valence-corrected chi connectivity index (χ0v) is 14.9. The van der Waals surface area contributed by atoms with Crippen LogP contribution in [0, 0.1) is 0 Å². The van der Waals surface area contributed by atoms with Crippen molar-refractivity contribution in [2.75, 3.05) is 5.32 Å². The zero-order chi connectivity index (χ0) is 16.9. The van der Waals surface area contributed by atoms with Gasteiger partial charge in [0.05, 0.1) is 5.25 Å². The molecule has 4 heteroatoms. The molecule has 0 aromatic heterocycles. The molecule has 2 nitrogen and oxygen atoms in total. The van der Waals surface area contributed by atoms with Gasteiger partial charge in [0.15, 0.2) is 0 Å². The molecule has 0 aliphatic carbocycles. The molecule has 3 aromatic rings. The van der Waals surface area contributed by atoms with E-state index in [1.165, 1.54) is 0 Å². The SMILES string of the molecule is CC[C@@H](Sc1ccc(Cl)cc1)C(=O)Nc1cccc2ccccc12. The Morgan fingerprint density at radius 1 is 1.04 bits per heavy atom. The van der Waals surface area contributed by atoms with Gasteiger partial charge in [-0.3, -0.25) is 4.79 Å². The van der Waals surface area contributed by atoms with Gasteiger partial charge in [-0.15, -0.1) is 11.8 Å². The van der Waals surface area contributed by atoms with Gasteiger partial charge in [0.1, 0.15) is 0 Å². The van der Waals surface area contributed by atoms with E-state index >= 15 is 0 Å². The molecule has 0 aliphatic rings. The maximum absolute atomic E-state index is 12.7. The lowest BCUT2D eigenvalue weighted by atomic mass is 10.1. The van der Waals surface area contributed by atoms with E-state index < -0.39 is 0 Å². The molecule has 122 valence electrons. The monoisotopic (exact) mass is 355 g/mol. The van der Waals surface area contributed by atoms with Crippen molar-refractivity contribution in [2.45, 2.75) is 23.5 Å². The molecule has 0 unspecified atom stereocenters. The average molecular weight is 356 g/mol. The minimum atomic E-state index is -0.148. The summed E-state index contributed by atoms with van der Waals surface area (Å²) < 4.78 is 0. The van der Waals surface area contributed by atoms with E-state index in [-0.39, 0.29) is 11.2 Å². The Hall–Kier alpha value is -1.97. The van der Waals surface area contributed by atoms with E-state index in [1.807, 2.05) is 73.7 Å². The Labute approximate surface area is 151 Å². The van der Waals surface area contributed by atoms with E-state index in [0.29, 0.717) is 5.02 Å². The first-order valence-electron chi connectivity index (χ1n) is 7.88. The van der Waals surface area contributed by atoms with Crippen LogP contribution in [-0.2, 0) is 4.79 Å². The quantitative estimate of drug-likeness (QED) is 0.568. The van der Waals surface area contributed by atoms with Gasteiger partial charge in [0, 0.05) is 21.0 Å². The molecule has 1 atom stereocenters. The second kappa shape index (κ2) is 7.73. The molecule has 1 N–H and O–H groups in total. The summed E-state index contributed by atoms with van der Waals surface area (Å²) in [7, 11) is 0. The molecular weight excluding hydrogens is 338 g/mol. The predicted molar refractivity (Wildman–Crippen MR) is 104 cm³/mol. The molecule has 0 saturated carbocycles. The molecule has 0 fully saturated rings. The second-order valence-electron chi connectivity index (χ2n) is 5.48. The van der Waals surface area contributed by atoms with Crippen molar-refractivity contribution in [3.05, 3.63) is 71.8 Å². The number of thioether (sulfide) groups is 1. The van der Waals surface area contributed by atoms with Crippen molar-refractivity contribution in [1.82, 2.24) is 0 Å². The fraction of sp³-hybridized carbons (Fsp3) is 0.150. The third-order valence-corrected chi connectivity index (χ3v) is 5.43. The van der Waals surface area contributed by atoms with Gasteiger partial charge < -0.3 is 5.32 Å². The normalized spacial score (nSPS) is 12.1. The molecular formula is C20H18ClNOS. The van der Waals surface area contributed by atoms with Crippen LogP contribution in [0.1, 0.15) is 13.3 Å². The summed E-state index contributed by atoms with van der Waals surface area (Å²) in [6.45, 7) is 2.02. The molecule has 0 heterocycles. The van der Waals surface area contributed by atoms with Crippen molar-refractivity contribution >= 4 is 45.7 Å². The predicted octanol–water partition coefficient (Wildman–Crippen LogP) is 6.00. The molecule has 0 radical (unpaired) electrons. The van der Waals surface area contributed by atoms with Crippen LogP contribution in [0.4, 0.5) is 5.69 Å². The van der Waals surface area contributed by atoms with Crippen molar-refractivity contribution in [3.8, 4) is 0 Å². The maximum atomic E-state index is 12.7. The highest BCUT2D eigenvalue weighted by molar-refractivity contribution is 8.00. The molecule has 3 rings (SSSR count). The van der Waals surface area contributed by atoms with Gasteiger partial charge in [-0.25, -0.2) is 0 Å². The number of halogens is 1. The van der Waals surface area contributed by atoms with Gasteiger partial charge in [0.2, 0.25) is 5.91 Å². The van der Waals surface area contributed by atoms with Crippen LogP contribution >= 0.6 is 23.4 Å². The number of carbonyl (C=O) groups is 1. The van der Waals surface area contributed by atoms with Crippen molar-refractivity contribution in [2.24, 2.45) is 0 Å². The lowest BCUT2D eigenvalue weighted by Gasteiger charge is -2.16. The highest BCUT2D eigenvalue weighted by Gasteiger charge is 2.18. The van der Waals surface area contributed by atoms with Gasteiger partial charge in [-0.2, -0.15) is 0 Å². The maximum Gasteiger partial charge on any atom is 0.237 e. The summed E-state index contributed by atoms with van der Waals surface area (Å²) in [6.07, 6.45) is 0.754. The lowest BCUT2D eigenvalue weighted by molar-refractivity contribution is -0.115. The molecule has 0 spiro atoms. The van der Waals surface area contributed by atoms with Gasteiger partial charge in [0.25, 0.3) is 0 Å². The lowest BCUT2D eigenvalue weighted by Crippen LogP contribution is -2.24. The largest absolute Gasteiger partial charge is 0.325 e. The summed E-state index contributed by atoms with van der Waals surface area (Å²) in [5.41, 5.74) is 0.855. The topological polar surface area (TPSA) is 29.1 Å². The second-order valence-corrected chi connectivity index (χ2v) is 7.20. The number of anilines is 1.